The summed E-state index contributed by atoms with van der Waals surface area (Å²) in [6.45, 7) is 1.78. The predicted molar refractivity (Wildman–Crippen MR) is 99.5 cm³/mol. The lowest BCUT2D eigenvalue weighted by molar-refractivity contribution is 0.424. The Balaban J connectivity index is 2.00. The number of guanidine groups is 1. The summed E-state index contributed by atoms with van der Waals surface area (Å²) in [7, 11) is -2.15. The highest BCUT2D eigenvalue weighted by Crippen LogP contribution is 2.36. The van der Waals surface area contributed by atoms with Crippen LogP contribution in [0.2, 0.25) is 10.0 Å². The molecule has 24 heavy (non-hydrogen) atoms. The summed E-state index contributed by atoms with van der Waals surface area (Å²) in [6.07, 6.45) is 0. The SMILES string of the molecule is CN1C(=N)N[C@](C)(c2cc(-c3cc(Cl)cc(Cl)c3)cs2)CS1(=O)=O. The second-order valence-electron chi connectivity index (χ2n) is 5.89. The molecule has 1 atom stereocenters. The summed E-state index contributed by atoms with van der Waals surface area (Å²) < 4.78 is 25.5. The first-order valence-electron chi connectivity index (χ1n) is 6.99. The summed E-state index contributed by atoms with van der Waals surface area (Å²) in [5.41, 5.74) is 0.919. The van der Waals surface area contributed by atoms with Crippen LogP contribution in [0, 0.1) is 5.41 Å². The largest absolute Gasteiger partial charge is 0.344 e. The minimum absolute atomic E-state index is 0.116. The molecule has 0 aliphatic carbocycles. The molecule has 2 aromatic rings. The molecular formula is C15H15Cl2N3O2S2. The van der Waals surface area contributed by atoms with Gasteiger partial charge in [0.15, 0.2) is 0 Å². The van der Waals surface area contributed by atoms with Gasteiger partial charge in [0.05, 0.1) is 11.3 Å². The fourth-order valence-electron chi connectivity index (χ4n) is 2.61. The minimum Gasteiger partial charge on any atom is -0.344 e. The molecule has 0 radical (unpaired) electrons. The lowest BCUT2D eigenvalue weighted by Gasteiger charge is -2.39. The monoisotopic (exact) mass is 403 g/mol. The number of sulfonamides is 1. The fraction of sp³-hybridized carbons (Fsp3) is 0.267. The molecule has 2 N–H and O–H groups in total. The fourth-order valence-corrected chi connectivity index (χ4v) is 5.74. The van der Waals surface area contributed by atoms with Crippen molar-refractivity contribution in [2.75, 3.05) is 12.8 Å². The van der Waals surface area contributed by atoms with Gasteiger partial charge in [-0.05, 0) is 47.7 Å². The molecule has 9 heteroatoms. The molecule has 1 saturated heterocycles. The van der Waals surface area contributed by atoms with Crippen LogP contribution in [0.3, 0.4) is 0 Å². The molecule has 0 saturated carbocycles. The summed E-state index contributed by atoms with van der Waals surface area (Å²) in [6, 6.07) is 7.19. The molecule has 5 nitrogen and oxygen atoms in total. The number of benzene rings is 1. The zero-order chi connectivity index (χ0) is 17.7. The third-order valence-electron chi connectivity index (χ3n) is 3.94. The molecule has 3 rings (SSSR count). The molecule has 2 heterocycles. The molecule has 1 aliphatic rings. The van der Waals surface area contributed by atoms with E-state index in [1.54, 1.807) is 13.0 Å². The van der Waals surface area contributed by atoms with Gasteiger partial charge in [-0.15, -0.1) is 11.3 Å². The van der Waals surface area contributed by atoms with Gasteiger partial charge >= 0.3 is 0 Å². The Morgan fingerprint density at radius 1 is 1.21 bits per heavy atom. The van der Waals surface area contributed by atoms with Gasteiger partial charge in [-0.25, -0.2) is 12.7 Å². The molecule has 0 amide bonds. The number of thiophene rings is 1. The van der Waals surface area contributed by atoms with Crippen LogP contribution in [0.4, 0.5) is 0 Å². The van der Waals surface area contributed by atoms with Crippen LogP contribution in [0.15, 0.2) is 29.6 Å². The number of hydrogen-bond acceptors (Lipinski definition) is 4. The number of halogens is 2. The van der Waals surface area contributed by atoms with E-state index in [0.29, 0.717) is 10.0 Å². The predicted octanol–water partition coefficient (Wildman–Crippen LogP) is 3.74. The van der Waals surface area contributed by atoms with Crippen molar-refractivity contribution in [2.24, 2.45) is 0 Å². The first-order chi connectivity index (χ1) is 11.1. The van der Waals surface area contributed by atoms with Crippen LogP contribution in [-0.2, 0) is 15.6 Å². The summed E-state index contributed by atoms with van der Waals surface area (Å²) in [4.78, 5) is 0.829. The summed E-state index contributed by atoms with van der Waals surface area (Å²) in [5, 5.41) is 13.9. The van der Waals surface area contributed by atoms with Crippen molar-refractivity contribution in [3.8, 4) is 11.1 Å². The summed E-state index contributed by atoms with van der Waals surface area (Å²) in [5.74, 6) is -0.251. The second kappa shape index (κ2) is 5.91. The van der Waals surface area contributed by atoms with Crippen molar-refractivity contribution < 1.29 is 8.42 Å². The maximum absolute atomic E-state index is 12.3. The molecule has 0 bridgehead atoms. The van der Waals surface area contributed by atoms with Crippen LogP contribution < -0.4 is 5.32 Å². The number of nitrogens with one attached hydrogen (secondary N) is 2. The van der Waals surface area contributed by atoms with Crippen molar-refractivity contribution in [3.63, 3.8) is 0 Å². The van der Waals surface area contributed by atoms with E-state index < -0.39 is 15.6 Å². The van der Waals surface area contributed by atoms with Crippen LogP contribution >= 0.6 is 34.5 Å². The lowest BCUT2D eigenvalue weighted by Crippen LogP contribution is -2.60. The molecule has 1 fully saturated rings. The highest BCUT2D eigenvalue weighted by molar-refractivity contribution is 7.89. The van der Waals surface area contributed by atoms with E-state index in [1.165, 1.54) is 18.4 Å². The topological polar surface area (TPSA) is 73.3 Å². The maximum Gasteiger partial charge on any atom is 0.239 e. The van der Waals surface area contributed by atoms with E-state index in [9.17, 15) is 8.42 Å². The maximum atomic E-state index is 12.3. The van der Waals surface area contributed by atoms with Crippen molar-refractivity contribution >= 4 is 50.5 Å². The first kappa shape index (κ1) is 17.5. The second-order valence-corrected chi connectivity index (χ2v) is 9.67. The smallest absolute Gasteiger partial charge is 0.239 e. The van der Waals surface area contributed by atoms with Crippen molar-refractivity contribution in [1.29, 1.82) is 5.41 Å². The Kier molecular flexibility index (Phi) is 4.32. The zero-order valence-corrected chi connectivity index (χ0v) is 16.1. The van der Waals surface area contributed by atoms with Crippen LogP contribution in [0.1, 0.15) is 11.8 Å². The minimum atomic E-state index is -3.52. The molecule has 0 unspecified atom stereocenters. The van der Waals surface area contributed by atoms with E-state index in [-0.39, 0.29) is 11.7 Å². The Morgan fingerprint density at radius 3 is 2.42 bits per heavy atom. The van der Waals surface area contributed by atoms with Crippen molar-refractivity contribution in [2.45, 2.75) is 12.5 Å². The Hall–Kier alpha value is -1.28. The molecule has 1 aromatic heterocycles. The van der Waals surface area contributed by atoms with Gasteiger partial charge in [0, 0.05) is 22.0 Å². The Bertz CT molecular complexity index is 906. The van der Waals surface area contributed by atoms with E-state index in [1.807, 2.05) is 23.6 Å². The zero-order valence-electron chi connectivity index (χ0n) is 12.9. The van der Waals surface area contributed by atoms with Gasteiger partial charge in [-0.1, -0.05) is 23.2 Å². The number of nitrogens with zero attached hydrogens (tertiary/aromatic N) is 1. The van der Waals surface area contributed by atoms with Crippen LogP contribution in [0.25, 0.3) is 11.1 Å². The van der Waals surface area contributed by atoms with E-state index in [2.05, 4.69) is 5.32 Å². The highest BCUT2D eigenvalue weighted by atomic mass is 35.5. The van der Waals surface area contributed by atoms with Crippen LogP contribution in [-0.4, -0.2) is 31.5 Å². The van der Waals surface area contributed by atoms with Crippen molar-refractivity contribution in [3.05, 3.63) is 44.6 Å². The van der Waals surface area contributed by atoms with Crippen molar-refractivity contribution in [1.82, 2.24) is 9.62 Å². The quantitative estimate of drug-likeness (QED) is 0.801. The third kappa shape index (κ3) is 3.13. The highest BCUT2D eigenvalue weighted by Gasteiger charge is 2.42. The molecular weight excluding hydrogens is 389 g/mol. The molecule has 1 aromatic carbocycles. The Labute approximate surface area is 154 Å². The standard InChI is InChI=1S/C15H15Cl2N3O2S2/c1-15(8-24(21,22)20(2)14(18)19-15)13-5-10(7-23-13)9-3-11(16)6-12(17)4-9/h3-7H,8H2,1-2H3,(H2,18,19)/t15-/m0/s1. The van der Waals surface area contributed by atoms with Gasteiger partial charge in [0.1, 0.15) is 0 Å². The van der Waals surface area contributed by atoms with Gasteiger partial charge < -0.3 is 5.32 Å². The number of hydrogen-bond donors (Lipinski definition) is 2. The van der Waals surface area contributed by atoms with E-state index >= 15 is 0 Å². The van der Waals surface area contributed by atoms with Gasteiger partial charge in [0.2, 0.25) is 16.0 Å². The average molecular weight is 404 g/mol. The average Bonchev–Trinajstić information content (AvgIpc) is 2.94. The normalized spacial score (nSPS) is 23.2. The van der Waals surface area contributed by atoms with Crippen LogP contribution in [0.5, 0.6) is 0 Å². The summed E-state index contributed by atoms with van der Waals surface area (Å²) >= 11 is 13.5. The van der Waals surface area contributed by atoms with E-state index in [0.717, 1.165) is 20.3 Å². The molecule has 1 aliphatic heterocycles. The molecule has 0 spiro atoms. The van der Waals surface area contributed by atoms with Gasteiger partial charge in [-0.2, -0.15) is 0 Å². The van der Waals surface area contributed by atoms with E-state index in [4.69, 9.17) is 28.6 Å². The number of rotatable bonds is 2. The van der Waals surface area contributed by atoms with Gasteiger partial charge in [0.25, 0.3) is 0 Å². The Morgan fingerprint density at radius 2 is 1.83 bits per heavy atom. The van der Waals surface area contributed by atoms with Gasteiger partial charge in [-0.3, -0.25) is 5.41 Å². The lowest BCUT2D eigenvalue weighted by atomic mass is 10.0. The molecule has 128 valence electrons. The first-order valence-corrected chi connectivity index (χ1v) is 10.2. The third-order valence-corrected chi connectivity index (χ3v) is 7.53.